The van der Waals surface area contributed by atoms with Gasteiger partial charge in [-0.05, 0) is 28.9 Å². The number of nitrogens with one attached hydrogen (secondary N) is 1. The minimum absolute atomic E-state index is 0.278. The highest BCUT2D eigenvalue weighted by molar-refractivity contribution is 7.98. The second-order valence-corrected chi connectivity index (χ2v) is 4.44. The molecule has 0 aliphatic rings. The van der Waals surface area contributed by atoms with Crippen LogP contribution in [0.5, 0.6) is 0 Å². The summed E-state index contributed by atoms with van der Waals surface area (Å²) in [6.45, 7) is 0.357. The van der Waals surface area contributed by atoms with E-state index >= 15 is 0 Å². The van der Waals surface area contributed by atoms with Crippen molar-refractivity contribution in [3.63, 3.8) is 0 Å². The summed E-state index contributed by atoms with van der Waals surface area (Å²) >= 11 is 1.61. The van der Waals surface area contributed by atoms with Gasteiger partial charge in [0, 0.05) is 0 Å². The van der Waals surface area contributed by atoms with Gasteiger partial charge >= 0.3 is 6.09 Å². The van der Waals surface area contributed by atoms with Gasteiger partial charge in [0.25, 0.3) is 0 Å². The molecule has 0 saturated heterocycles. The molecule has 98 valence electrons. The van der Waals surface area contributed by atoms with Crippen LogP contribution in [0.15, 0.2) is 0 Å². The molecule has 9 heteroatoms. The number of aryl methyl sites for hydroxylation is 1. The molecule has 1 amide bonds. The van der Waals surface area contributed by atoms with Gasteiger partial charge in [0.2, 0.25) is 0 Å². The molecule has 0 spiro atoms. The SMILES string of the molecule is CSCC[C@@H](NC(=O)O)c1nnnn1CCC#N. The number of rotatable bonds is 7. The van der Waals surface area contributed by atoms with Crippen LogP contribution in [0.4, 0.5) is 4.79 Å². The average Bonchev–Trinajstić information content (AvgIpc) is 2.79. The lowest BCUT2D eigenvalue weighted by molar-refractivity contribution is 0.188. The Morgan fingerprint density at radius 2 is 2.50 bits per heavy atom. The molecule has 1 rings (SSSR count). The molecular weight excluding hydrogens is 256 g/mol. The number of nitrogens with zero attached hydrogens (tertiary/aromatic N) is 5. The fourth-order valence-corrected chi connectivity index (χ4v) is 1.90. The summed E-state index contributed by atoms with van der Waals surface area (Å²) in [6, 6.07) is 1.54. The second-order valence-electron chi connectivity index (χ2n) is 3.45. The summed E-state index contributed by atoms with van der Waals surface area (Å²) in [5.74, 6) is 1.23. The first-order chi connectivity index (χ1) is 8.69. The van der Waals surface area contributed by atoms with Crippen LogP contribution in [-0.4, -0.2) is 43.4 Å². The largest absolute Gasteiger partial charge is 0.465 e. The third-order valence-electron chi connectivity index (χ3n) is 2.22. The van der Waals surface area contributed by atoms with E-state index in [0.29, 0.717) is 18.8 Å². The first kappa shape index (κ1) is 14.2. The second kappa shape index (κ2) is 7.50. The normalized spacial score (nSPS) is 11.8. The zero-order valence-electron chi connectivity index (χ0n) is 9.91. The van der Waals surface area contributed by atoms with Gasteiger partial charge in [0.05, 0.1) is 25.1 Å². The molecule has 1 heterocycles. The first-order valence-electron chi connectivity index (χ1n) is 5.30. The maximum absolute atomic E-state index is 10.7. The van der Waals surface area contributed by atoms with E-state index < -0.39 is 12.1 Å². The van der Waals surface area contributed by atoms with Gasteiger partial charge in [0.1, 0.15) is 0 Å². The van der Waals surface area contributed by atoms with E-state index in [-0.39, 0.29) is 6.42 Å². The van der Waals surface area contributed by atoms with E-state index in [1.165, 1.54) is 4.68 Å². The summed E-state index contributed by atoms with van der Waals surface area (Å²) in [5, 5.41) is 30.8. The van der Waals surface area contributed by atoms with Crippen LogP contribution in [0, 0.1) is 11.3 Å². The highest BCUT2D eigenvalue weighted by Crippen LogP contribution is 2.16. The van der Waals surface area contributed by atoms with Gasteiger partial charge in [-0.2, -0.15) is 17.0 Å². The van der Waals surface area contributed by atoms with E-state index in [9.17, 15) is 4.79 Å². The smallest absolute Gasteiger partial charge is 0.405 e. The molecule has 0 bridgehead atoms. The number of tetrazole rings is 1. The van der Waals surface area contributed by atoms with Crippen molar-refractivity contribution in [3.05, 3.63) is 5.82 Å². The summed E-state index contributed by atoms with van der Waals surface area (Å²) in [4.78, 5) is 10.7. The lowest BCUT2D eigenvalue weighted by Gasteiger charge is -2.15. The lowest BCUT2D eigenvalue weighted by Crippen LogP contribution is -2.30. The lowest BCUT2D eigenvalue weighted by atomic mass is 10.2. The maximum atomic E-state index is 10.7. The number of nitriles is 1. The van der Waals surface area contributed by atoms with Crippen molar-refractivity contribution in [1.29, 1.82) is 5.26 Å². The zero-order valence-corrected chi connectivity index (χ0v) is 10.7. The molecule has 0 aliphatic carbocycles. The Morgan fingerprint density at radius 3 is 3.11 bits per heavy atom. The zero-order chi connectivity index (χ0) is 13.4. The Balaban J connectivity index is 2.79. The fourth-order valence-electron chi connectivity index (χ4n) is 1.43. The van der Waals surface area contributed by atoms with Gasteiger partial charge in [-0.25, -0.2) is 9.48 Å². The van der Waals surface area contributed by atoms with Crippen LogP contribution in [0.2, 0.25) is 0 Å². The number of thioether (sulfide) groups is 1. The minimum atomic E-state index is -1.11. The molecule has 0 saturated carbocycles. The number of hydrogen-bond acceptors (Lipinski definition) is 6. The van der Waals surface area contributed by atoms with Crippen molar-refractivity contribution in [1.82, 2.24) is 25.5 Å². The van der Waals surface area contributed by atoms with E-state index in [2.05, 4.69) is 20.8 Å². The molecule has 8 nitrogen and oxygen atoms in total. The topological polar surface area (TPSA) is 117 Å². The summed E-state index contributed by atoms with van der Waals surface area (Å²) in [5.41, 5.74) is 0. The van der Waals surface area contributed by atoms with E-state index in [0.717, 1.165) is 5.75 Å². The quantitative estimate of drug-likeness (QED) is 0.746. The van der Waals surface area contributed by atoms with Gasteiger partial charge < -0.3 is 10.4 Å². The van der Waals surface area contributed by atoms with Crippen molar-refractivity contribution >= 4 is 17.9 Å². The number of amides is 1. The van der Waals surface area contributed by atoms with Gasteiger partial charge in [-0.15, -0.1) is 5.10 Å². The van der Waals surface area contributed by atoms with Crippen LogP contribution in [-0.2, 0) is 6.54 Å². The fraction of sp³-hybridized carbons (Fsp3) is 0.667. The van der Waals surface area contributed by atoms with E-state index in [4.69, 9.17) is 10.4 Å². The minimum Gasteiger partial charge on any atom is -0.465 e. The number of carboxylic acid groups (broad SMARTS) is 1. The maximum Gasteiger partial charge on any atom is 0.405 e. The van der Waals surface area contributed by atoms with E-state index in [1.54, 1.807) is 11.8 Å². The molecular formula is C9H14N6O2S. The number of aromatic nitrogens is 4. The summed E-state index contributed by atoms with van der Waals surface area (Å²) in [6.07, 6.45) is 1.70. The molecule has 1 aromatic rings. The van der Waals surface area contributed by atoms with Crippen LogP contribution in [0.3, 0.4) is 0 Å². The third kappa shape index (κ3) is 4.21. The van der Waals surface area contributed by atoms with Crippen LogP contribution >= 0.6 is 11.8 Å². The van der Waals surface area contributed by atoms with Crippen LogP contribution < -0.4 is 5.32 Å². The number of carbonyl (C=O) groups is 1. The van der Waals surface area contributed by atoms with Gasteiger partial charge in [-0.3, -0.25) is 0 Å². The molecule has 1 atom stereocenters. The summed E-state index contributed by atoms with van der Waals surface area (Å²) < 4.78 is 1.46. The Hall–Kier alpha value is -1.82. The van der Waals surface area contributed by atoms with Crippen molar-refractivity contribution < 1.29 is 9.90 Å². The first-order valence-corrected chi connectivity index (χ1v) is 6.69. The molecule has 0 aromatic carbocycles. The summed E-state index contributed by atoms with van der Waals surface area (Å²) in [7, 11) is 0. The Bertz CT molecular complexity index is 429. The Labute approximate surface area is 108 Å². The average molecular weight is 270 g/mol. The van der Waals surface area contributed by atoms with Gasteiger partial charge in [0.15, 0.2) is 5.82 Å². The van der Waals surface area contributed by atoms with Crippen molar-refractivity contribution in [2.45, 2.75) is 25.4 Å². The van der Waals surface area contributed by atoms with Gasteiger partial charge in [-0.1, -0.05) is 0 Å². The predicted molar refractivity (Wildman–Crippen MR) is 64.9 cm³/mol. The van der Waals surface area contributed by atoms with Crippen LogP contribution in [0.1, 0.15) is 24.7 Å². The van der Waals surface area contributed by atoms with Crippen molar-refractivity contribution in [3.8, 4) is 6.07 Å². The molecule has 0 unspecified atom stereocenters. The third-order valence-corrected chi connectivity index (χ3v) is 2.86. The highest BCUT2D eigenvalue weighted by atomic mass is 32.2. The molecule has 0 aliphatic heterocycles. The molecule has 0 fully saturated rings. The van der Waals surface area contributed by atoms with Crippen molar-refractivity contribution in [2.24, 2.45) is 0 Å². The van der Waals surface area contributed by atoms with Crippen molar-refractivity contribution in [2.75, 3.05) is 12.0 Å². The molecule has 18 heavy (non-hydrogen) atoms. The van der Waals surface area contributed by atoms with E-state index in [1.807, 2.05) is 12.3 Å². The molecule has 0 radical (unpaired) electrons. The number of hydrogen-bond donors (Lipinski definition) is 2. The monoisotopic (exact) mass is 270 g/mol. The Morgan fingerprint density at radius 1 is 1.72 bits per heavy atom. The van der Waals surface area contributed by atoms with Crippen LogP contribution in [0.25, 0.3) is 0 Å². The molecule has 2 N–H and O–H groups in total. The highest BCUT2D eigenvalue weighted by Gasteiger charge is 2.20. The predicted octanol–water partition coefficient (Wildman–Crippen LogP) is 0.649. The standard InChI is InChI=1S/C9H14N6O2S/c1-18-6-3-7(11-9(16)17)8-12-13-14-15(8)5-2-4-10/h7,11H,2-3,5-6H2,1H3,(H,16,17)/t7-/m1/s1. The Kier molecular flexibility index (Phi) is 5.93. The molecule has 1 aromatic heterocycles.